The molecular formula is C11H19NO3. The molecule has 0 aromatic heterocycles. The lowest BCUT2D eigenvalue weighted by molar-refractivity contribution is -0.162. The van der Waals surface area contributed by atoms with Gasteiger partial charge in [0, 0.05) is 0 Å². The van der Waals surface area contributed by atoms with Crippen LogP contribution in [-0.4, -0.2) is 43.4 Å². The number of piperidine rings is 1. The summed E-state index contributed by atoms with van der Waals surface area (Å²) in [5, 5.41) is 0. The van der Waals surface area contributed by atoms with Crippen molar-refractivity contribution in [2.75, 3.05) is 26.7 Å². The number of ether oxygens (including phenoxy) is 1. The number of hydrogen-bond donors (Lipinski definition) is 0. The lowest BCUT2D eigenvalue weighted by Crippen LogP contribution is -2.48. The summed E-state index contributed by atoms with van der Waals surface area (Å²) in [6, 6.07) is 0. The molecule has 1 aliphatic heterocycles. The first-order valence-electron chi connectivity index (χ1n) is 5.39. The largest absolute Gasteiger partial charge is 0.465 e. The van der Waals surface area contributed by atoms with Gasteiger partial charge in [0.2, 0.25) is 0 Å². The van der Waals surface area contributed by atoms with Crippen LogP contribution in [0.4, 0.5) is 0 Å². The first kappa shape index (κ1) is 12.2. The van der Waals surface area contributed by atoms with Gasteiger partial charge in [-0.2, -0.15) is 0 Å². The Bertz CT molecular complexity index is 255. The maximum absolute atomic E-state index is 11.8. The minimum atomic E-state index is -0.872. The summed E-state index contributed by atoms with van der Waals surface area (Å²) in [5.41, 5.74) is -0.872. The Kier molecular flexibility index (Phi) is 3.85. The molecule has 0 aromatic carbocycles. The average molecular weight is 213 g/mol. The Hall–Kier alpha value is -0.900. The van der Waals surface area contributed by atoms with Crippen LogP contribution in [0.15, 0.2) is 0 Å². The van der Waals surface area contributed by atoms with E-state index in [4.69, 9.17) is 4.74 Å². The van der Waals surface area contributed by atoms with E-state index in [2.05, 4.69) is 4.90 Å². The van der Waals surface area contributed by atoms with Crippen molar-refractivity contribution in [2.24, 2.45) is 5.41 Å². The molecule has 4 heteroatoms. The third-order valence-electron chi connectivity index (χ3n) is 3.18. The van der Waals surface area contributed by atoms with Gasteiger partial charge in [0.25, 0.3) is 0 Å². The fourth-order valence-electron chi connectivity index (χ4n) is 1.97. The zero-order valence-corrected chi connectivity index (χ0v) is 9.71. The SMILES string of the molecule is CCOC(=O)C1(C(C)=O)CCN(C)CC1. The Balaban J connectivity index is 2.80. The summed E-state index contributed by atoms with van der Waals surface area (Å²) in [6.45, 7) is 5.14. The van der Waals surface area contributed by atoms with Gasteiger partial charge in [-0.25, -0.2) is 0 Å². The summed E-state index contributed by atoms with van der Waals surface area (Å²) in [4.78, 5) is 25.6. The second-order valence-electron chi connectivity index (χ2n) is 4.16. The summed E-state index contributed by atoms with van der Waals surface area (Å²) < 4.78 is 5.00. The molecular weight excluding hydrogens is 194 g/mol. The highest BCUT2D eigenvalue weighted by Crippen LogP contribution is 2.33. The van der Waals surface area contributed by atoms with E-state index >= 15 is 0 Å². The average Bonchev–Trinajstić information content (AvgIpc) is 2.19. The van der Waals surface area contributed by atoms with Crippen LogP contribution in [0.3, 0.4) is 0 Å². The van der Waals surface area contributed by atoms with Gasteiger partial charge in [-0.15, -0.1) is 0 Å². The molecule has 0 saturated carbocycles. The van der Waals surface area contributed by atoms with Crippen LogP contribution in [0.1, 0.15) is 26.7 Å². The standard InChI is InChI=1S/C11H19NO3/c1-4-15-10(14)11(9(2)13)5-7-12(3)8-6-11/h4-8H2,1-3H3. The maximum atomic E-state index is 11.8. The second kappa shape index (κ2) is 4.75. The molecule has 0 unspecified atom stereocenters. The molecule has 1 rings (SSSR count). The molecule has 0 bridgehead atoms. The highest BCUT2D eigenvalue weighted by Gasteiger charge is 2.46. The fourth-order valence-corrected chi connectivity index (χ4v) is 1.97. The van der Waals surface area contributed by atoms with E-state index in [0.717, 1.165) is 13.1 Å². The molecule has 0 amide bonds. The number of hydrogen-bond acceptors (Lipinski definition) is 4. The molecule has 1 saturated heterocycles. The molecule has 4 nitrogen and oxygen atoms in total. The molecule has 1 heterocycles. The van der Waals surface area contributed by atoms with E-state index in [1.807, 2.05) is 7.05 Å². The van der Waals surface area contributed by atoms with Crippen molar-refractivity contribution in [1.82, 2.24) is 4.90 Å². The monoisotopic (exact) mass is 213 g/mol. The Labute approximate surface area is 90.6 Å². The first-order chi connectivity index (χ1) is 7.03. The van der Waals surface area contributed by atoms with E-state index < -0.39 is 5.41 Å². The molecule has 0 spiro atoms. The number of ketones is 1. The second-order valence-corrected chi connectivity index (χ2v) is 4.16. The minimum Gasteiger partial charge on any atom is -0.465 e. The zero-order valence-electron chi connectivity index (χ0n) is 9.71. The number of nitrogens with zero attached hydrogens (tertiary/aromatic N) is 1. The third kappa shape index (κ3) is 2.37. The predicted molar refractivity (Wildman–Crippen MR) is 56.5 cm³/mol. The van der Waals surface area contributed by atoms with Crippen LogP contribution >= 0.6 is 0 Å². The van der Waals surface area contributed by atoms with Crippen LogP contribution in [0.5, 0.6) is 0 Å². The fraction of sp³-hybridized carbons (Fsp3) is 0.818. The molecule has 0 aliphatic carbocycles. The van der Waals surface area contributed by atoms with Crippen molar-refractivity contribution < 1.29 is 14.3 Å². The summed E-state index contributed by atoms with van der Waals surface area (Å²) in [5.74, 6) is -0.403. The third-order valence-corrected chi connectivity index (χ3v) is 3.18. The van der Waals surface area contributed by atoms with Gasteiger partial charge in [-0.05, 0) is 46.8 Å². The highest BCUT2D eigenvalue weighted by atomic mass is 16.5. The molecule has 1 fully saturated rings. The quantitative estimate of drug-likeness (QED) is 0.515. The summed E-state index contributed by atoms with van der Waals surface area (Å²) in [6.07, 6.45) is 1.16. The van der Waals surface area contributed by atoms with Gasteiger partial charge in [-0.3, -0.25) is 9.59 Å². The molecule has 86 valence electrons. The molecule has 0 N–H and O–H groups in total. The first-order valence-corrected chi connectivity index (χ1v) is 5.39. The summed E-state index contributed by atoms with van der Waals surface area (Å²) in [7, 11) is 2.00. The highest BCUT2D eigenvalue weighted by molar-refractivity contribution is 6.02. The molecule has 0 aromatic rings. The van der Waals surface area contributed by atoms with Crippen molar-refractivity contribution in [3.8, 4) is 0 Å². The van der Waals surface area contributed by atoms with Crippen LogP contribution in [-0.2, 0) is 14.3 Å². The minimum absolute atomic E-state index is 0.0611. The number of likely N-dealkylation sites (tertiary alicyclic amines) is 1. The van der Waals surface area contributed by atoms with Gasteiger partial charge in [-0.1, -0.05) is 0 Å². The smallest absolute Gasteiger partial charge is 0.319 e. The number of carbonyl (C=O) groups excluding carboxylic acids is 2. The van der Waals surface area contributed by atoms with Crippen LogP contribution in [0, 0.1) is 5.41 Å². The number of rotatable bonds is 3. The van der Waals surface area contributed by atoms with Gasteiger partial charge in [0.15, 0.2) is 0 Å². The van der Waals surface area contributed by atoms with E-state index in [-0.39, 0.29) is 11.8 Å². The van der Waals surface area contributed by atoms with E-state index in [0.29, 0.717) is 19.4 Å². The van der Waals surface area contributed by atoms with E-state index in [1.54, 1.807) is 6.92 Å². The van der Waals surface area contributed by atoms with Crippen molar-refractivity contribution in [3.63, 3.8) is 0 Å². The Morgan fingerprint density at radius 1 is 1.33 bits per heavy atom. The Morgan fingerprint density at radius 2 is 1.87 bits per heavy atom. The van der Waals surface area contributed by atoms with Gasteiger partial charge in [0.1, 0.15) is 11.2 Å². The maximum Gasteiger partial charge on any atom is 0.319 e. The number of esters is 1. The lowest BCUT2D eigenvalue weighted by Gasteiger charge is -2.36. The molecule has 15 heavy (non-hydrogen) atoms. The summed E-state index contributed by atoms with van der Waals surface area (Å²) >= 11 is 0. The Morgan fingerprint density at radius 3 is 2.27 bits per heavy atom. The van der Waals surface area contributed by atoms with Gasteiger partial charge in [0.05, 0.1) is 6.61 Å². The predicted octanol–water partition coefficient (Wildman–Crippen LogP) is 0.851. The van der Waals surface area contributed by atoms with Gasteiger partial charge < -0.3 is 9.64 Å². The number of carbonyl (C=O) groups is 2. The lowest BCUT2D eigenvalue weighted by atomic mass is 9.75. The van der Waals surface area contributed by atoms with Crippen LogP contribution in [0.2, 0.25) is 0 Å². The van der Waals surface area contributed by atoms with Crippen molar-refractivity contribution in [3.05, 3.63) is 0 Å². The van der Waals surface area contributed by atoms with Crippen molar-refractivity contribution in [1.29, 1.82) is 0 Å². The topological polar surface area (TPSA) is 46.6 Å². The normalized spacial score (nSPS) is 21.0. The van der Waals surface area contributed by atoms with Crippen molar-refractivity contribution in [2.45, 2.75) is 26.7 Å². The van der Waals surface area contributed by atoms with Gasteiger partial charge >= 0.3 is 5.97 Å². The van der Waals surface area contributed by atoms with Crippen LogP contribution in [0.25, 0.3) is 0 Å². The van der Waals surface area contributed by atoms with Crippen LogP contribution < -0.4 is 0 Å². The molecule has 1 aliphatic rings. The van der Waals surface area contributed by atoms with E-state index in [1.165, 1.54) is 6.92 Å². The zero-order chi connectivity index (χ0) is 11.5. The molecule has 0 atom stereocenters. The van der Waals surface area contributed by atoms with Crippen molar-refractivity contribution >= 4 is 11.8 Å². The number of Topliss-reactive ketones (excluding diaryl/α,β-unsaturated/α-hetero) is 1. The molecule has 0 radical (unpaired) electrons. The van der Waals surface area contributed by atoms with E-state index in [9.17, 15) is 9.59 Å².